The summed E-state index contributed by atoms with van der Waals surface area (Å²) in [5, 5.41) is 6.60. The molecule has 0 bridgehead atoms. The van der Waals surface area contributed by atoms with Crippen LogP contribution in [0.5, 0.6) is 0 Å². The van der Waals surface area contributed by atoms with E-state index in [1.54, 1.807) is 0 Å². The highest BCUT2D eigenvalue weighted by molar-refractivity contribution is 7.19. The number of allylic oxidation sites excluding steroid dienone is 1. The Hall–Kier alpha value is -4.60. The van der Waals surface area contributed by atoms with Crippen LogP contribution in [0.4, 0.5) is 0 Å². The number of nitrogens with zero attached hydrogens (tertiary/aromatic N) is 2. The van der Waals surface area contributed by atoms with Gasteiger partial charge in [-0.15, -0.1) is 11.3 Å². The quantitative estimate of drug-likeness (QED) is 0.216. The molecule has 0 aliphatic heterocycles. The van der Waals surface area contributed by atoms with E-state index in [2.05, 4.69) is 130 Å². The summed E-state index contributed by atoms with van der Waals surface area (Å²) >= 11 is 1.96. The SMILES string of the molecule is C1=C(n2c3ccccc3c3ccccc32)CCc2sc3ccc(-n4c5ccccc5c5ccccc54)cc3c21. The van der Waals surface area contributed by atoms with Crippen LogP contribution in [-0.4, -0.2) is 9.13 Å². The topological polar surface area (TPSA) is 9.86 Å². The largest absolute Gasteiger partial charge is 0.313 e. The fraction of sp³-hybridized carbons (Fsp3) is 0.0556. The third kappa shape index (κ3) is 2.96. The van der Waals surface area contributed by atoms with Crippen molar-refractivity contribution in [3.05, 3.63) is 126 Å². The van der Waals surface area contributed by atoms with Crippen molar-refractivity contribution in [1.29, 1.82) is 0 Å². The van der Waals surface area contributed by atoms with Crippen molar-refractivity contribution in [3.63, 3.8) is 0 Å². The molecule has 0 saturated heterocycles. The number of aromatic nitrogens is 2. The molecule has 0 amide bonds. The van der Waals surface area contributed by atoms with E-state index in [1.807, 2.05) is 11.3 Å². The molecule has 3 heterocycles. The highest BCUT2D eigenvalue weighted by Crippen LogP contribution is 2.42. The van der Waals surface area contributed by atoms with Gasteiger partial charge in [0.05, 0.1) is 22.1 Å². The van der Waals surface area contributed by atoms with Crippen molar-refractivity contribution in [3.8, 4) is 5.69 Å². The molecule has 0 unspecified atom stereocenters. The molecule has 2 nitrogen and oxygen atoms in total. The Morgan fingerprint density at radius 3 is 1.56 bits per heavy atom. The second-order valence-corrected chi connectivity index (χ2v) is 11.6. The van der Waals surface area contributed by atoms with E-state index in [0.29, 0.717) is 0 Å². The minimum Gasteiger partial charge on any atom is -0.313 e. The zero-order chi connectivity index (χ0) is 25.5. The first-order chi connectivity index (χ1) is 19.3. The molecule has 184 valence electrons. The Balaban J connectivity index is 1.29. The van der Waals surface area contributed by atoms with Gasteiger partial charge in [-0.2, -0.15) is 0 Å². The van der Waals surface area contributed by atoms with Crippen LogP contribution in [0, 0.1) is 0 Å². The van der Waals surface area contributed by atoms with Crippen LogP contribution < -0.4 is 0 Å². The Morgan fingerprint density at radius 2 is 1.00 bits per heavy atom. The van der Waals surface area contributed by atoms with Crippen molar-refractivity contribution in [2.45, 2.75) is 12.8 Å². The van der Waals surface area contributed by atoms with E-state index in [-0.39, 0.29) is 0 Å². The maximum Gasteiger partial charge on any atom is 0.0541 e. The Kier molecular flexibility index (Phi) is 4.35. The van der Waals surface area contributed by atoms with Gasteiger partial charge in [-0.05, 0) is 66.9 Å². The molecule has 5 aromatic carbocycles. The summed E-state index contributed by atoms with van der Waals surface area (Å²) in [6, 6.07) is 42.2. The van der Waals surface area contributed by atoms with Crippen LogP contribution in [0.15, 0.2) is 115 Å². The summed E-state index contributed by atoms with van der Waals surface area (Å²) in [4.78, 5) is 1.49. The highest BCUT2D eigenvalue weighted by Gasteiger charge is 2.21. The maximum absolute atomic E-state index is 2.49. The lowest BCUT2D eigenvalue weighted by Crippen LogP contribution is -2.03. The van der Waals surface area contributed by atoms with E-state index in [4.69, 9.17) is 0 Å². The molecule has 0 fully saturated rings. The number of para-hydroxylation sites is 4. The predicted molar refractivity (Wildman–Crippen MR) is 168 cm³/mol. The molecule has 0 N–H and O–H groups in total. The van der Waals surface area contributed by atoms with Gasteiger partial charge < -0.3 is 9.13 Å². The van der Waals surface area contributed by atoms with Crippen LogP contribution in [-0.2, 0) is 6.42 Å². The normalized spacial score (nSPS) is 13.6. The monoisotopic (exact) mass is 516 g/mol. The number of rotatable bonds is 2. The molecule has 0 saturated carbocycles. The van der Waals surface area contributed by atoms with Gasteiger partial charge in [-0.3, -0.25) is 0 Å². The van der Waals surface area contributed by atoms with Gasteiger partial charge in [0.25, 0.3) is 0 Å². The van der Waals surface area contributed by atoms with Gasteiger partial charge in [0, 0.05) is 47.9 Å². The number of hydrogen-bond donors (Lipinski definition) is 0. The third-order valence-corrected chi connectivity index (χ3v) is 9.66. The molecule has 0 atom stereocenters. The molecular weight excluding hydrogens is 492 g/mol. The van der Waals surface area contributed by atoms with Crippen LogP contribution in [0.3, 0.4) is 0 Å². The van der Waals surface area contributed by atoms with Gasteiger partial charge in [-0.1, -0.05) is 72.8 Å². The predicted octanol–water partition coefficient (Wildman–Crippen LogP) is 10.1. The lowest BCUT2D eigenvalue weighted by molar-refractivity contribution is 0.968. The lowest BCUT2D eigenvalue weighted by Gasteiger charge is -2.17. The van der Waals surface area contributed by atoms with Gasteiger partial charge in [0.15, 0.2) is 0 Å². The van der Waals surface area contributed by atoms with Crippen LogP contribution in [0.2, 0.25) is 0 Å². The highest BCUT2D eigenvalue weighted by atomic mass is 32.1. The van der Waals surface area contributed by atoms with E-state index in [1.165, 1.54) is 75.5 Å². The summed E-state index contributed by atoms with van der Waals surface area (Å²) in [6.07, 6.45) is 4.58. The summed E-state index contributed by atoms with van der Waals surface area (Å²) in [5.74, 6) is 0. The molecular formula is C36H24N2S. The Bertz CT molecular complexity index is 2180. The number of benzene rings is 5. The first kappa shape index (κ1) is 21.3. The summed E-state index contributed by atoms with van der Waals surface area (Å²) in [6.45, 7) is 0. The standard InChI is InChI=1S/C36H24N2S/c1-5-13-31-25(9-1)26-10-2-6-14-32(26)37(31)23-17-19-35-29(21-23)30-22-24(18-20-36(30)39-35)38-33-15-7-3-11-27(33)28-12-4-8-16-34(28)38/h1-17,19,21-22H,18,20H2. The van der Waals surface area contributed by atoms with Crippen molar-refractivity contribution >= 4 is 76.8 Å². The average molecular weight is 517 g/mol. The third-order valence-electron chi connectivity index (χ3n) is 8.41. The average Bonchev–Trinajstić information content (AvgIpc) is 3.64. The minimum atomic E-state index is 1.04. The van der Waals surface area contributed by atoms with Crippen molar-refractivity contribution in [1.82, 2.24) is 9.13 Å². The second kappa shape index (κ2) is 7.95. The molecule has 9 rings (SSSR count). The van der Waals surface area contributed by atoms with E-state index in [0.717, 1.165) is 12.8 Å². The zero-order valence-corrected chi connectivity index (χ0v) is 22.1. The lowest BCUT2D eigenvalue weighted by atomic mass is 9.99. The molecule has 0 radical (unpaired) electrons. The molecule has 1 aliphatic rings. The summed E-state index contributed by atoms with van der Waals surface area (Å²) in [5.41, 5.74) is 9.07. The number of fused-ring (bicyclic) bond motifs is 9. The molecule has 3 heteroatoms. The first-order valence-electron chi connectivity index (χ1n) is 13.6. The van der Waals surface area contributed by atoms with Crippen LogP contribution >= 0.6 is 11.3 Å². The first-order valence-corrected chi connectivity index (χ1v) is 14.4. The fourth-order valence-electron chi connectivity index (χ4n) is 6.73. The molecule has 0 spiro atoms. The van der Waals surface area contributed by atoms with E-state index >= 15 is 0 Å². The van der Waals surface area contributed by atoms with Gasteiger partial charge in [-0.25, -0.2) is 0 Å². The van der Waals surface area contributed by atoms with Gasteiger partial charge in [0.1, 0.15) is 0 Å². The van der Waals surface area contributed by atoms with Crippen molar-refractivity contribution < 1.29 is 0 Å². The van der Waals surface area contributed by atoms with E-state index in [9.17, 15) is 0 Å². The number of hydrogen-bond acceptors (Lipinski definition) is 1. The minimum absolute atomic E-state index is 1.04. The summed E-state index contributed by atoms with van der Waals surface area (Å²) in [7, 11) is 0. The molecule has 3 aromatic heterocycles. The smallest absolute Gasteiger partial charge is 0.0541 e. The fourth-order valence-corrected chi connectivity index (χ4v) is 7.89. The Morgan fingerprint density at radius 1 is 0.487 bits per heavy atom. The van der Waals surface area contributed by atoms with Crippen LogP contribution in [0.1, 0.15) is 16.9 Å². The number of thiophene rings is 1. The molecule has 8 aromatic rings. The molecule has 1 aliphatic carbocycles. The van der Waals surface area contributed by atoms with Crippen molar-refractivity contribution in [2.24, 2.45) is 0 Å². The van der Waals surface area contributed by atoms with Crippen LogP contribution in [0.25, 0.3) is 71.2 Å². The zero-order valence-electron chi connectivity index (χ0n) is 21.3. The number of aryl methyl sites for hydroxylation is 1. The second-order valence-electron chi connectivity index (χ2n) is 10.5. The Labute approximate surface area is 229 Å². The van der Waals surface area contributed by atoms with Crippen molar-refractivity contribution in [2.75, 3.05) is 0 Å². The van der Waals surface area contributed by atoms with E-state index < -0.39 is 0 Å². The van der Waals surface area contributed by atoms with Gasteiger partial charge in [0.2, 0.25) is 0 Å². The molecule has 39 heavy (non-hydrogen) atoms. The maximum atomic E-state index is 2.49. The summed E-state index contributed by atoms with van der Waals surface area (Å²) < 4.78 is 6.28. The van der Waals surface area contributed by atoms with Gasteiger partial charge >= 0.3 is 0 Å².